The lowest BCUT2D eigenvalue weighted by molar-refractivity contribution is 0.292. The van der Waals surface area contributed by atoms with Crippen molar-refractivity contribution in [3.8, 4) is 5.75 Å². The van der Waals surface area contributed by atoms with Crippen LogP contribution in [0.2, 0.25) is 0 Å². The molecular weight excluding hydrogens is 304 g/mol. The molecule has 3 nitrogen and oxygen atoms in total. The van der Waals surface area contributed by atoms with Crippen molar-refractivity contribution in [3.63, 3.8) is 0 Å². The Morgan fingerprint density at radius 3 is 2.74 bits per heavy atom. The Balaban J connectivity index is 1.82. The monoisotopic (exact) mass is 316 g/mol. The zero-order valence-corrected chi connectivity index (χ0v) is 12.1. The predicted molar refractivity (Wildman–Crippen MR) is 79.2 cm³/mol. The molecule has 0 unspecified atom stereocenters. The van der Waals surface area contributed by atoms with Gasteiger partial charge in [0.15, 0.2) is 0 Å². The third kappa shape index (κ3) is 2.63. The molecule has 0 saturated carbocycles. The number of imidazole rings is 1. The van der Waals surface area contributed by atoms with Crippen molar-refractivity contribution >= 4 is 26.7 Å². The van der Waals surface area contributed by atoms with E-state index < -0.39 is 0 Å². The van der Waals surface area contributed by atoms with E-state index in [0.717, 1.165) is 16.0 Å². The molecule has 0 fully saturated rings. The van der Waals surface area contributed by atoms with E-state index in [2.05, 4.69) is 39.1 Å². The zero-order chi connectivity index (χ0) is 13.2. The first kappa shape index (κ1) is 12.2. The van der Waals surface area contributed by atoms with E-state index in [1.165, 1.54) is 10.8 Å². The van der Waals surface area contributed by atoms with Crippen molar-refractivity contribution in [2.24, 2.45) is 7.05 Å². The SMILES string of the molecule is Cn1ccnc1COc1ccc2cc(Br)ccc2c1. The maximum absolute atomic E-state index is 5.77. The zero-order valence-electron chi connectivity index (χ0n) is 10.5. The molecule has 0 amide bonds. The number of aromatic nitrogens is 2. The van der Waals surface area contributed by atoms with E-state index in [-0.39, 0.29) is 0 Å². The van der Waals surface area contributed by atoms with Crippen LogP contribution in [0.1, 0.15) is 5.82 Å². The van der Waals surface area contributed by atoms with Gasteiger partial charge in [-0.3, -0.25) is 0 Å². The van der Waals surface area contributed by atoms with Crippen molar-refractivity contribution in [2.75, 3.05) is 0 Å². The van der Waals surface area contributed by atoms with Crippen LogP contribution in [-0.4, -0.2) is 9.55 Å². The third-order valence-electron chi connectivity index (χ3n) is 3.06. The Kier molecular flexibility index (Phi) is 3.25. The Bertz CT molecular complexity index is 721. The highest BCUT2D eigenvalue weighted by Gasteiger charge is 2.02. The van der Waals surface area contributed by atoms with Crippen LogP contribution in [0.3, 0.4) is 0 Å². The minimum Gasteiger partial charge on any atom is -0.486 e. The van der Waals surface area contributed by atoms with Crippen LogP contribution < -0.4 is 4.74 Å². The van der Waals surface area contributed by atoms with E-state index in [4.69, 9.17) is 4.74 Å². The van der Waals surface area contributed by atoms with Crippen LogP contribution in [0.15, 0.2) is 53.3 Å². The van der Waals surface area contributed by atoms with Crippen LogP contribution >= 0.6 is 15.9 Å². The molecule has 0 aliphatic carbocycles. The molecule has 96 valence electrons. The van der Waals surface area contributed by atoms with Gasteiger partial charge in [-0.15, -0.1) is 0 Å². The smallest absolute Gasteiger partial charge is 0.146 e. The Morgan fingerprint density at radius 2 is 1.95 bits per heavy atom. The van der Waals surface area contributed by atoms with Gasteiger partial charge in [-0.25, -0.2) is 4.98 Å². The molecule has 0 atom stereocenters. The summed E-state index contributed by atoms with van der Waals surface area (Å²) >= 11 is 3.47. The van der Waals surface area contributed by atoms with E-state index >= 15 is 0 Å². The second kappa shape index (κ2) is 5.05. The molecule has 19 heavy (non-hydrogen) atoms. The molecule has 0 aliphatic rings. The Labute approximate surface area is 120 Å². The number of benzene rings is 2. The molecule has 2 aromatic carbocycles. The Hall–Kier alpha value is -1.81. The number of nitrogens with zero attached hydrogens (tertiary/aromatic N) is 2. The number of halogens is 1. The number of hydrogen-bond donors (Lipinski definition) is 0. The normalized spacial score (nSPS) is 10.8. The minimum atomic E-state index is 0.478. The van der Waals surface area contributed by atoms with Gasteiger partial charge >= 0.3 is 0 Å². The summed E-state index contributed by atoms with van der Waals surface area (Å²) in [7, 11) is 1.96. The third-order valence-corrected chi connectivity index (χ3v) is 3.56. The highest BCUT2D eigenvalue weighted by atomic mass is 79.9. The van der Waals surface area contributed by atoms with Crippen molar-refractivity contribution < 1.29 is 4.74 Å². The molecule has 0 bridgehead atoms. The van der Waals surface area contributed by atoms with Gasteiger partial charge in [0.25, 0.3) is 0 Å². The number of rotatable bonds is 3. The average Bonchev–Trinajstić information content (AvgIpc) is 2.82. The van der Waals surface area contributed by atoms with Gasteiger partial charge in [0.05, 0.1) is 0 Å². The fraction of sp³-hybridized carbons (Fsp3) is 0.133. The van der Waals surface area contributed by atoms with Gasteiger partial charge in [-0.2, -0.15) is 0 Å². The maximum Gasteiger partial charge on any atom is 0.146 e. The molecule has 1 aromatic heterocycles. The summed E-state index contributed by atoms with van der Waals surface area (Å²) in [6.45, 7) is 0.478. The minimum absolute atomic E-state index is 0.478. The van der Waals surface area contributed by atoms with Crippen LogP contribution in [0, 0.1) is 0 Å². The summed E-state index contributed by atoms with van der Waals surface area (Å²) in [6.07, 6.45) is 3.69. The summed E-state index contributed by atoms with van der Waals surface area (Å²) < 4.78 is 8.82. The summed E-state index contributed by atoms with van der Waals surface area (Å²) in [5.41, 5.74) is 0. The predicted octanol–water partition coefficient (Wildman–Crippen LogP) is 3.91. The lowest BCUT2D eigenvalue weighted by Crippen LogP contribution is -2.02. The molecule has 0 radical (unpaired) electrons. The highest BCUT2D eigenvalue weighted by molar-refractivity contribution is 9.10. The number of aryl methyl sites for hydroxylation is 1. The lowest BCUT2D eigenvalue weighted by Gasteiger charge is -2.07. The molecule has 1 heterocycles. The van der Waals surface area contributed by atoms with Crippen LogP contribution in [0.4, 0.5) is 0 Å². The molecular formula is C15H13BrN2O. The second-order valence-corrected chi connectivity index (χ2v) is 5.31. The highest BCUT2D eigenvalue weighted by Crippen LogP contribution is 2.24. The first-order valence-corrected chi connectivity index (χ1v) is 6.80. The van der Waals surface area contributed by atoms with Crippen molar-refractivity contribution in [3.05, 3.63) is 59.1 Å². The number of ether oxygens (including phenoxy) is 1. The quantitative estimate of drug-likeness (QED) is 0.732. The van der Waals surface area contributed by atoms with Gasteiger partial charge in [0, 0.05) is 23.9 Å². The van der Waals surface area contributed by atoms with Crippen LogP contribution in [0.5, 0.6) is 5.75 Å². The summed E-state index contributed by atoms with van der Waals surface area (Å²) in [4.78, 5) is 4.24. The van der Waals surface area contributed by atoms with Crippen LogP contribution in [-0.2, 0) is 13.7 Å². The van der Waals surface area contributed by atoms with Gasteiger partial charge in [0.1, 0.15) is 18.2 Å². The van der Waals surface area contributed by atoms with Crippen molar-refractivity contribution in [1.29, 1.82) is 0 Å². The number of hydrogen-bond acceptors (Lipinski definition) is 2. The fourth-order valence-corrected chi connectivity index (χ4v) is 2.35. The molecule has 3 rings (SSSR count). The summed E-state index contributed by atoms with van der Waals surface area (Å²) in [6, 6.07) is 12.3. The Morgan fingerprint density at radius 1 is 1.16 bits per heavy atom. The van der Waals surface area contributed by atoms with E-state index in [9.17, 15) is 0 Å². The van der Waals surface area contributed by atoms with Gasteiger partial charge < -0.3 is 9.30 Å². The van der Waals surface area contributed by atoms with Crippen molar-refractivity contribution in [1.82, 2.24) is 9.55 Å². The van der Waals surface area contributed by atoms with Crippen molar-refractivity contribution in [2.45, 2.75) is 6.61 Å². The topological polar surface area (TPSA) is 27.1 Å². The molecule has 0 N–H and O–H groups in total. The van der Waals surface area contributed by atoms with E-state index in [0.29, 0.717) is 6.61 Å². The second-order valence-electron chi connectivity index (χ2n) is 4.40. The largest absolute Gasteiger partial charge is 0.486 e. The first-order valence-electron chi connectivity index (χ1n) is 6.01. The average molecular weight is 317 g/mol. The molecule has 0 aliphatic heterocycles. The van der Waals surface area contributed by atoms with E-state index in [1.807, 2.05) is 36.0 Å². The van der Waals surface area contributed by atoms with Gasteiger partial charge in [-0.05, 0) is 35.0 Å². The first-order chi connectivity index (χ1) is 9.22. The standard InChI is InChI=1S/C15H13BrN2O/c1-18-7-6-17-15(18)10-19-14-5-3-11-8-13(16)4-2-12(11)9-14/h2-9H,10H2,1H3. The lowest BCUT2D eigenvalue weighted by atomic mass is 10.1. The number of fused-ring (bicyclic) bond motifs is 1. The molecule has 0 saturated heterocycles. The fourth-order valence-electron chi connectivity index (χ4n) is 1.97. The maximum atomic E-state index is 5.77. The van der Waals surface area contributed by atoms with Gasteiger partial charge in [-0.1, -0.05) is 28.1 Å². The summed E-state index contributed by atoms with van der Waals surface area (Å²) in [5.74, 6) is 1.77. The van der Waals surface area contributed by atoms with Crippen LogP contribution in [0.25, 0.3) is 10.8 Å². The summed E-state index contributed by atoms with van der Waals surface area (Å²) in [5, 5.41) is 2.36. The molecule has 3 aromatic rings. The van der Waals surface area contributed by atoms with E-state index in [1.54, 1.807) is 6.20 Å². The molecule has 0 spiro atoms. The molecule has 4 heteroatoms. The van der Waals surface area contributed by atoms with Gasteiger partial charge in [0.2, 0.25) is 0 Å².